The van der Waals surface area contributed by atoms with Crippen molar-refractivity contribution < 1.29 is 9.90 Å². The van der Waals surface area contributed by atoms with Gasteiger partial charge in [-0.15, -0.1) is 0 Å². The lowest BCUT2D eigenvalue weighted by Crippen LogP contribution is -2.41. The molecule has 25 heavy (non-hydrogen) atoms. The van der Waals surface area contributed by atoms with Crippen LogP contribution in [0.1, 0.15) is 43.7 Å². The summed E-state index contributed by atoms with van der Waals surface area (Å²) >= 11 is 0. The topological polar surface area (TPSA) is 58.4 Å². The molecule has 5 rings (SSSR count). The van der Waals surface area contributed by atoms with Crippen LogP contribution in [-0.2, 0) is 0 Å². The fraction of sp³-hybridized carbons (Fsp3) is 0.500. The number of aromatic nitrogens is 2. The lowest BCUT2D eigenvalue weighted by atomic mass is 9.75. The molecule has 2 fully saturated rings. The van der Waals surface area contributed by atoms with Gasteiger partial charge in [0, 0.05) is 18.7 Å². The van der Waals surface area contributed by atoms with E-state index in [1.54, 1.807) is 4.90 Å². The summed E-state index contributed by atoms with van der Waals surface area (Å²) in [4.78, 5) is 17.2. The largest absolute Gasteiger partial charge is 0.465 e. The van der Waals surface area contributed by atoms with Gasteiger partial charge in [0.2, 0.25) is 0 Å². The van der Waals surface area contributed by atoms with Crippen molar-refractivity contribution >= 4 is 6.09 Å². The number of carbonyl (C=O) groups is 1. The van der Waals surface area contributed by atoms with Crippen LogP contribution in [-0.4, -0.2) is 38.7 Å². The van der Waals surface area contributed by atoms with Crippen LogP contribution < -0.4 is 0 Å². The summed E-state index contributed by atoms with van der Waals surface area (Å²) in [7, 11) is 0. The van der Waals surface area contributed by atoms with Gasteiger partial charge in [0.15, 0.2) is 0 Å². The molecule has 1 amide bonds. The fourth-order valence-corrected chi connectivity index (χ4v) is 5.50. The lowest BCUT2D eigenvalue weighted by molar-refractivity contribution is 0.0888. The van der Waals surface area contributed by atoms with Gasteiger partial charge in [-0.05, 0) is 49.0 Å². The minimum Gasteiger partial charge on any atom is -0.465 e. The number of likely N-dealkylation sites (tertiary alicyclic amines) is 1. The summed E-state index contributed by atoms with van der Waals surface area (Å²) in [6.45, 7) is 1.39. The van der Waals surface area contributed by atoms with Crippen LogP contribution in [0.3, 0.4) is 0 Å². The first-order chi connectivity index (χ1) is 12.2. The van der Waals surface area contributed by atoms with Gasteiger partial charge in [-0.3, -0.25) is 0 Å². The van der Waals surface area contributed by atoms with Gasteiger partial charge < -0.3 is 14.6 Å². The molecule has 0 unspecified atom stereocenters. The Bertz CT molecular complexity index is 820. The summed E-state index contributed by atoms with van der Waals surface area (Å²) in [5.74, 6) is 0.618. The SMILES string of the molecule is O=C(O)N1CCC2(CC[C@H]([C@H]3c4ccccc4-c4cncn43)C2)CC1. The van der Waals surface area contributed by atoms with Crippen molar-refractivity contribution in [3.8, 4) is 11.3 Å². The maximum atomic E-state index is 11.2. The quantitative estimate of drug-likeness (QED) is 0.855. The summed E-state index contributed by atoms with van der Waals surface area (Å²) in [6, 6.07) is 9.12. The molecule has 0 bridgehead atoms. The van der Waals surface area contributed by atoms with Crippen LogP contribution >= 0.6 is 0 Å². The molecule has 1 spiro atoms. The van der Waals surface area contributed by atoms with Crippen molar-refractivity contribution in [2.24, 2.45) is 11.3 Å². The molecule has 3 aliphatic rings. The van der Waals surface area contributed by atoms with E-state index in [-0.39, 0.29) is 0 Å². The number of nitrogens with zero attached hydrogens (tertiary/aromatic N) is 3. The smallest absolute Gasteiger partial charge is 0.407 e. The van der Waals surface area contributed by atoms with Gasteiger partial charge in [0.05, 0.1) is 24.3 Å². The van der Waals surface area contributed by atoms with E-state index in [4.69, 9.17) is 0 Å². The number of hydrogen-bond donors (Lipinski definition) is 1. The third-order valence-electron chi connectivity index (χ3n) is 6.80. The number of carboxylic acid groups (broad SMARTS) is 1. The minimum atomic E-state index is -0.767. The highest BCUT2D eigenvalue weighted by atomic mass is 16.4. The first-order valence-corrected chi connectivity index (χ1v) is 9.26. The molecule has 1 aromatic carbocycles. The van der Waals surface area contributed by atoms with Crippen molar-refractivity contribution in [3.05, 3.63) is 42.4 Å². The molecule has 2 aliphatic heterocycles. The van der Waals surface area contributed by atoms with E-state index >= 15 is 0 Å². The van der Waals surface area contributed by atoms with E-state index in [1.165, 1.54) is 36.1 Å². The zero-order valence-corrected chi connectivity index (χ0v) is 14.3. The lowest BCUT2D eigenvalue weighted by Gasteiger charge is -2.38. The maximum absolute atomic E-state index is 11.2. The van der Waals surface area contributed by atoms with Crippen LogP contribution in [0, 0.1) is 11.3 Å². The van der Waals surface area contributed by atoms with E-state index in [1.807, 2.05) is 12.5 Å². The van der Waals surface area contributed by atoms with Crippen molar-refractivity contribution in [1.82, 2.24) is 14.5 Å². The van der Waals surface area contributed by atoms with Gasteiger partial charge in [-0.25, -0.2) is 9.78 Å². The second-order valence-electron chi connectivity index (χ2n) is 7.99. The predicted octanol–water partition coefficient (Wildman–Crippen LogP) is 4.01. The molecule has 0 radical (unpaired) electrons. The maximum Gasteiger partial charge on any atom is 0.407 e. The first-order valence-electron chi connectivity index (χ1n) is 9.26. The average molecular weight is 337 g/mol. The number of fused-ring (bicyclic) bond motifs is 3. The third kappa shape index (κ3) is 2.21. The van der Waals surface area contributed by atoms with Crippen LogP contribution in [0.5, 0.6) is 0 Å². The van der Waals surface area contributed by atoms with Crippen LogP contribution in [0.2, 0.25) is 0 Å². The second kappa shape index (κ2) is 5.35. The molecule has 3 heterocycles. The Morgan fingerprint density at radius 2 is 2.00 bits per heavy atom. The van der Waals surface area contributed by atoms with Gasteiger partial charge in [0.1, 0.15) is 0 Å². The van der Waals surface area contributed by atoms with E-state index < -0.39 is 6.09 Å². The van der Waals surface area contributed by atoms with Crippen LogP contribution in [0.25, 0.3) is 11.3 Å². The Morgan fingerprint density at radius 3 is 2.80 bits per heavy atom. The number of piperidine rings is 1. The van der Waals surface area contributed by atoms with Crippen molar-refractivity contribution in [3.63, 3.8) is 0 Å². The Kier molecular flexibility index (Phi) is 3.21. The average Bonchev–Trinajstić information content (AvgIpc) is 3.30. The Labute approximate surface area is 147 Å². The first kappa shape index (κ1) is 15.0. The van der Waals surface area contributed by atoms with Crippen molar-refractivity contribution in [2.75, 3.05) is 13.1 Å². The minimum absolute atomic E-state index is 0.342. The molecule has 1 aromatic heterocycles. The van der Waals surface area contributed by atoms with Crippen LogP contribution in [0.4, 0.5) is 4.79 Å². The van der Waals surface area contributed by atoms with E-state index in [0.29, 0.717) is 30.5 Å². The normalized spacial score (nSPS) is 26.6. The highest BCUT2D eigenvalue weighted by Gasteiger charge is 2.46. The van der Waals surface area contributed by atoms with Crippen LogP contribution in [0.15, 0.2) is 36.8 Å². The standard InChI is InChI=1S/C20H23N3O2/c24-19(25)22-9-7-20(8-10-22)6-5-14(11-20)18-16-4-2-1-3-15(16)17-12-21-13-23(17)18/h1-4,12-14,18H,5-11H2,(H,24,25)/t14-,18-/m0/s1. The molecule has 1 aliphatic carbocycles. The van der Waals surface area contributed by atoms with Crippen molar-refractivity contribution in [2.45, 2.75) is 38.1 Å². The summed E-state index contributed by atoms with van der Waals surface area (Å²) < 4.78 is 2.36. The number of rotatable bonds is 1. The van der Waals surface area contributed by atoms with Crippen molar-refractivity contribution in [1.29, 1.82) is 0 Å². The number of hydrogen-bond acceptors (Lipinski definition) is 2. The molecule has 5 nitrogen and oxygen atoms in total. The second-order valence-corrected chi connectivity index (χ2v) is 7.99. The van der Waals surface area contributed by atoms with Gasteiger partial charge in [-0.2, -0.15) is 0 Å². The number of imidazole rings is 1. The molecule has 1 saturated carbocycles. The molecular formula is C20H23N3O2. The van der Waals surface area contributed by atoms with Gasteiger partial charge in [-0.1, -0.05) is 24.3 Å². The zero-order chi connectivity index (χ0) is 17.0. The fourth-order valence-electron chi connectivity index (χ4n) is 5.50. The highest BCUT2D eigenvalue weighted by molar-refractivity contribution is 5.69. The molecule has 130 valence electrons. The van der Waals surface area contributed by atoms with E-state index in [9.17, 15) is 9.90 Å². The number of benzene rings is 1. The Morgan fingerprint density at radius 1 is 1.20 bits per heavy atom. The molecule has 5 heteroatoms. The number of amides is 1. The summed E-state index contributed by atoms with van der Waals surface area (Å²) in [5, 5.41) is 9.20. The molecular weight excluding hydrogens is 314 g/mol. The summed E-state index contributed by atoms with van der Waals surface area (Å²) in [5.41, 5.74) is 4.34. The van der Waals surface area contributed by atoms with E-state index in [2.05, 4.69) is 33.8 Å². The Hall–Kier alpha value is -2.30. The highest BCUT2D eigenvalue weighted by Crippen LogP contribution is 2.55. The van der Waals surface area contributed by atoms with Gasteiger partial charge >= 0.3 is 6.09 Å². The summed E-state index contributed by atoms with van der Waals surface area (Å²) in [6.07, 6.45) is 8.89. The molecule has 1 saturated heterocycles. The molecule has 1 N–H and O–H groups in total. The zero-order valence-electron chi connectivity index (χ0n) is 14.3. The van der Waals surface area contributed by atoms with E-state index in [0.717, 1.165) is 12.8 Å². The Balaban J connectivity index is 1.40. The monoisotopic (exact) mass is 337 g/mol. The van der Waals surface area contributed by atoms with Gasteiger partial charge in [0.25, 0.3) is 0 Å². The molecule has 2 atom stereocenters. The predicted molar refractivity (Wildman–Crippen MR) is 94.4 cm³/mol. The third-order valence-corrected chi connectivity index (χ3v) is 6.80. The molecule has 2 aromatic rings.